The highest BCUT2D eigenvalue weighted by Gasteiger charge is 2.25. The first kappa shape index (κ1) is 13.4. The van der Waals surface area contributed by atoms with Crippen molar-refractivity contribution in [1.29, 1.82) is 0 Å². The molecular formula is C15H23N5. The maximum absolute atomic E-state index is 4.69. The molecule has 5 nitrogen and oxygen atoms in total. The monoisotopic (exact) mass is 273 g/mol. The van der Waals surface area contributed by atoms with E-state index in [1.807, 2.05) is 24.0 Å². The molecule has 1 fully saturated rings. The molecule has 0 bridgehead atoms. The van der Waals surface area contributed by atoms with Gasteiger partial charge in [-0.25, -0.2) is 9.50 Å². The van der Waals surface area contributed by atoms with Crippen molar-refractivity contribution < 1.29 is 0 Å². The molecule has 1 aliphatic heterocycles. The van der Waals surface area contributed by atoms with Gasteiger partial charge >= 0.3 is 0 Å². The summed E-state index contributed by atoms with van der Waals surface area (Å²) in [5.74, 6) is 1.05. The van der Waals surface area contributed by atoms with E-state index in [1.165, 1.54) is 6.42 Å². The van der Waals surface area contributed by atoms with E-state index in [1.54, 1.807) is 0 Å². The lowest BCUT2D eigenvalue weighted by Gasteiger charge is -2.18. The van der Waals surface area contributed by atoms with E-state index in [2.05, 4.69) is 47.1 Å². The van der Waals surface area contributed by atoms with Gasteiger partial charge in [0.25, 0.3) is 0 Å². The van der Waals surface area contributed by atoms with Crippen LogP contribution < -0.4 is 10.2 Å². The summed E-state index contributed by atoms with van der Waals surface area (Å²) in [6, 6.07) is 2.73. The van der Waals surface area contributed by atoms with Crippen LogP contribution in [-0.2, 0) is 5.41 Å². The highest BCUT2D eigenvalue weighted by molar-refractivity contribution is 5.69. The molecule has 0 saturated carbocycles. The predicted molar refractivity (Wildman–Crippen MR) is 81.4 cm³/mol. The van der Waals surface area contributed by atoms with E-state index in [0.29, 0.717) is 6.04 Å². The fourth-order valence-corrected chi connectivity index (χ4v) is 2.71. The van der Waals surface area contributed by atoms with Crippen molar-refractivity contribution in [2.24, 2.45) is 0 Å². The third-order valence-corrected chi connectivity index (χ3v) is 4.03. The third kappa shape index (κ3) is 2.26. The Balaban J connectivity index is 2.01. The summed E-state index contributed by atoms with van der Waals surface area (Å²) < 4.78 is 1.95. The molecule has 2 aromatic rings. The molecule has 0 radical (unpaired) electrons. The summed E-state index contributed by atoms with van der Waals surface area (Å²) >= 11 is 0. The molecule has 20 heavy (non-hydrogen) atoms. The van der Waals surface area contributed by atoms with Crippen LogP contribution in [0, 0.1) is 0 Å². The summed E-state index contributed by atoms with van der Waals surface area (Å²) in [5, 5.41) is 8.04. The number of nitrogens with one attached hydrogen (secondary N) is 1. The smallest absolute Gasteiger partial charge is 0.154 e. The SMILES string of the molecule is CNC1CCN(c2nccn3nc(C(C)(C)C)cc23)C1. The van der Waals surface area contributed by atoms with Crippen molar-refractivity contribution in [3.05, 3.63) is 24.2 Å². The fourth-order valence-electron chi connectivity index (χ4n) is 2.71. The van der Waals surface area contributed by atoms with Crippen molar-refractivity contribution in [1.82, 2.24) is 19.9 Å². The van der Waals surface area contributed by atoms with Crippen LogP contribution >= 0.6 is 0 Å². The van der Waals surface area contributed by atoms with E-state index >= 15 is 0 Å². The van der Waals surface area contributed by atoms with Crippen LogP contribution in [0.3, 0.4) is 0 Å². The molecule has 0 aromatic carbocycles. The van der Waals surface area contributed by atoms with E-state index in [9.17, 15) is 0 Å². The standard InChI is InChI=1S/C15H23N5/c1-15(2,3)13-9-12-14(17-6-8-20(12)18-13)19-7-5-11(10-19)16-4/h6,8-9,11,16H,5,7,10H2,1-4H3. The van der Waals surface area contributed by atoms with E-state index in [0.717, 1.165) is 30.1 Å². The lowest BCUT2D eigenvalue weighted by molar-refractivity contribution is 0.562. The molecule has 3 rings (SSSR count). The molecular weight excluding hydrogens is 250 g/mol. The average Bonchev–Trinajstić information content (AvgIpc) is 3.04. The maximum atomic E-state index is 4.69. The quantitative estimate of drug-likeness (QED) is 0.906. The van der Waals surface area contributed by atoms with Gasteiger partial charge in [0.15, 0.2) is 5.82 Å². The molecule has 1 unspecified atom stereocenters. The normalized spacial score (nSPS) is 20.0. The fraction of sp³-hybridized carbons (Fsp3) is 0.600. The second kappa shape index (κ2) is 4.74. The van der Waals surface area contributed by atoms with Gasteiger partial charge < -0.3 is 10.2 Å². The zero-order chi connectivity index (χ0) is 14.3. The summed E-state index contributed by atoms with van der Waals surface area (Å²) in [6.45, 7) is 8.63. The van der Waals surface area contributed by atoms with E-state index < -0.39 is 0 Å². The van der Waals surface area contributed by atoms with Crippen LogP contribution in [0.2, 0.25) is 0 Å². The van der Waals surface area contributed by atoms with Crippen LogP contribution in [0.4, 0.5) is 5.82 Å². The largest absolute Gasteiger partial charge is 0.353 e. The highest BCUT2D eigenvalue weighted by atomic mass is 15.3. The Morgan fingerprint density at radius 3 is 2.80 bits per heavy atom. The van der Waals surface area contributed by atoms with E-state index in [-0.39, 0.29) is 5.41 Å². The number of nitrogens with zero attached hydrogens (tertiary/aromatic N) is 4. The Bertz CT molecular complexity index is 610. The Morgan fingerprint density at radius 2 is 2.15 bits per heavy atom. The minimum absolute atomic E-state index is 0.0573. The summed E-state index contributed by atoms with van der Waals surface area (Å²) in [7, 11) is 2.03. The van der Waals surface area contributed by atoms with Gasteiger partial charge in [-0.2, -0.15) is 5.10 Å². The van der Waals surface area contributed by atoms with Gasteiger partial charge in [-0.15, -0.1) is 0 Å². The second-order valence-corrected chi connectivity index (χ2v) is 6.58. The number of rotatable bonds is 2. The number of hydrogen-bond acceptors (Lipinski definition) is 4. The summed E-state index contributed by atoms with van der Waals surface area (Å²) in [4.78, 5) is 6.94. The van der Waals surface area contributed by atoms with Gasteiger partial charge in [-0.3, -0.25) is 0 Å². The summed E-state index contributed by atoms with van der Waals surface area (Å²) in [5.41, 5.74) is 2.27. The molecule has 0 spiro atoms. The molecule has 108 valence electrons. The van der Waals surface area contributed by atoms with Crippen molar-refractivity contribution in [2.45, 2.75) is 38.6 Å². The number of aromatic nitrogens is 3. The second-order valence-electron chi connectivity index (χ2n) is 6.58. The van der Waals surface area contributed by atoms with E-state index in [4.69, 9.17) is 0 Å². The maximum Gasteiger partial charge on any atom is 0.154 e. The van der Waals surface area contributed by atoms with Crippen molar-refractivity contribution >= 4 is 11.3 Å². The number of hydrogen-bond donors (Lipinski definition) is 1. The molecule has 1 aliphatic rings. The number of anilines is 1. The molecule has 1 N–H and O–H groups in total. The lowest BCUT2D eigenvalue weighted by Crippen LogP contribution is -2.30. The van der Waals surface area contributed by atoms with Gasteiger partial charge in [0.05, 0.1) is 5.69 Å². The third-order valence-electron chi connectivity index (χ3n) is 4.03. The molecule has 1 atom stereocenters. The summed E-state index contributed by atoms with van der Waals surface area (Å²) in [6.07, 6.45) is 4.94. The first-order valence-corrected chi connectivity index (χ1v) is 7.26. The first-order chi connectivity index (χ1) is 9.49. The minimum atomic E-state index is 0.0573. The van der Waals surface area contributed by atoms with Crippen molar-refractivity contribution in [2.75, 3.05) is 25.0 Å². The predicted octanol–water partition coefficient (Wildman–Crippen LogP) is 1.82. The van der Waals surface area contributed by atoms with Gasteiger partial charge in [-0.1, -0.05) is 20.8 Å². The molecule has 2 aromatic heterocycles. The van der Waals surface area contributed by atoms with Crippen molar-refractivity contribution in [3.63, 3.8) is 0 Å². The minimum Gasteiger partial charge on any atom is -0.353 e. The van der Waals surface area contributed by atoms with Crippen LogP contribution in [0.15, 0.2) is 18.5 Å². The molecule has 0 amide bonds. The first-order valence-electron chi connectivity index (χ1n) is 7.26. The molecule has 0 aliphatic carbocycles. The Morgan fingerprint density at radius 1 is 1.35 bits per heavy atom. The molecule has 3 heterocycles. The topological polar surface area (TPSA) is 45.5 Å². The van der Waals surface area contributed by atoms with Crippen LogP contribution in [-0.4, -0.2) is 40.8 Å². The van der Waals surface area contributed by atoms with Gasteiger partial charge in [0, 0.05) is 36.9 Å². The zero-order valence-corrected chi connectivity index (χ0v) is 12.7. The molecule has 1 saturated heterocycles. The van der Waals surface area contributed by atoms with Gasteiger partial charge in [-0.05, 0) is 19.5 Å². The van der Waals surface area contributed by atoms with Crippen LogP contribution in [0.5, 0.6) is 0 Å². The van der Waals surface area contributed by atoms with Gasteiger partial charge in [0.2, 0.25) is 0 Å². The Hall–Kier alpha value is -1.62. The van der Waals surface area contributed by atoms with Gasteiger partial charge in [0.1, 0.15) is 5.52 Å². The van der Waals surface area contributed by atoms with Crippen molar-refractivity contribution in [3.8, 4) is 0 Å². The van der Waals surface area contributed by atoms with Crippen LogP contribution in [0.25, 0.3) is 5.52 Å². The number of likely N-dealkylation sites (N-methyl/N-ethyl adjacent to an activating group) is 1. The zero-order valence-electron chi connectivity index (χ0n) is 12.7. The Kier molecular flexibility index (Phi) is 3.17. The number of fused-ring (bicyclic) bond motifs is 1. The van der Waals surface area contributed by atoms with Crippen LogP contribution in [0.1, 0.15) is 32.9 Å². The average molecular weight is 273 g/mol. The molecule has 5 heteroatoms. The lowest BCUT2D eigenvalue weighted by atomic mass is 9.92. The Labute approximate surface area is 120 Å². The highest BCUT2D eigenvalue weighted by Crippen LogP contribution is 2.27.